The average Bonchev–Trinajstić information content (AvgIpc) is 3.08. The summed E-state index contributed by atoms with van der Waals surface area (Å²) in [5.74, 6) is -0.167. The summed E-state index contributed by atoms with van der Waals surface area (Å²) in [5.41, 5.74) is 2.23. The monoisotopic (exact) mass is 456 g/mol. The van der Waals surface area contributed by atoms with Gasteiger partial charge in [0.15, 0.2) is 5.69 Å². The van der Waals surface area contributed by atoms with Crippen LogP contribution >= 0.6 is 24.8 Å². The molecule has 3 rings (SSSR count). The first-order valence-corrected chi connectivity index (χ1v) is 10.1. The molecule has 1 aromatic heterocycles. The molecule has 7 nitrogen and oxygen atoms in total. The van der Waals surface area contributed by atoms with Crippen molar-refractivity contribution in [2.24, 2.45) is 0 Å². The molecular weight excluding hydrogens is 423 g/mol. The van der Waals surface area contributed by atoms with Crippen molar-refractivity contribution < 1.29 is 4.79 Å². The normalized spacial score (nSPS) is 15.6. The summed E-state index contributed by atoms with van der Waals surface area (Å²) in [6, 6.07) is 10.8. The number of halogens is 2. The molecular formula is C21H34Cl2N6O. The maximum Gasteiger partial charge on any atom is 0.273 e. The van der Waals surface area contributed by atoms with E-state index in [4.69, 9.17) is 0 Å². The number of nitrogens with zero attached hydrogens (tertiary/aromatic N) is 3. The minimum Gasteiger partial charge on any atom is -0.349 e. The molecule has 0 radical (unpaired) electrons. The third kappa shape index (κ3) is 6.67. The smallest absolute Gasteiger partial charge is 0.273 e. The second-order valence-electron chi connectivity index (χ2n) is 8.29. The maximum absolute atomic E-state index is 12.7. The molecule has 3 N–H and O–H groups in total. The predicted octanol–water partition coefficient (Wildman–Crippen LogP) is 3.21. The fraction of sp³-hybridized carbons (Fsp3) is 0.571. The summed E-state index contributed by atoms with van der Waals surface area (Å²) < 4.78 is 1.91. The minimum absolute atomic E-state index is 0. The van der Waals surface area contributed by atoms with Crippen molar-refractivity contribution >= 4 is 30.7 Å². The Hall–Kier alpha value is -1.67. The van der Waals surface area contributed by atoms with Gasteiger partial charge >= 0.3 is 0 Å². The highest BCUT2D eigenvalue weighted by Gasteiger charge is 2.25. The number of benzene rings is 1. The van der Waals surface area contributed by atoms with Gasteiger partial charge in [0, 0.05) is 18.1 Å². The highest BCUT2D eigenvalue weighted by molar-refractivity contribution is 5.93. The molecule has 0 bridgehead atoms. The first kappa shape index (κ1) is 26.4. The lowest BCUT2D eigenvalue weighted by molar-refractivity contribution is 0.0935. The van der Waals surface area contributed by atoms with Crippen LogP contribution in [0.2, 0.25) is 0 Å². The van der Waals surface area contributed by atoms with Gasteiger partial charge in [0.25, 0.3) is 5.91 Å². The molecule has 2 heterocycles. The number of rotatable bonds is 7. The molecule has 1 amide bonds. The third-order valence-corrected chi connectivity index (χ3v) is 5.39. The lowest BCUT2D eigenvalue weighted by Gasteiger charge is -2.30. The highest BCUT2D eigenvalue weighted by Crippen LogP contribution is 2.20. The number of hydrogen-bond acceptors (Lipinski definition) is 5. The Labute approximate surface area is 191 Å². The Bertz CT molecular complexity index is 790. The molecule has 0 saturated carbocycles. The van der Waals surface area contributed by atoms with E-state index in [9.17, 15) is 4.79 Å². The quantitative estimate of drug-likeness (QED) is 0.595. The number of aromatic nitrogens is 3. The Morgan fingerprint density at radius 3 is 2.50 bits per heavy atom. The van der Waals surface area contributed by atoms with Gasteiger partial charge in [-0.05, 0) is 59.2 Å². The van der Waals surface area contributed by atoms with Crippen molar-refractivity contribution in [2.45, 2.75) is 58.2 Å². The molecule has 2 aromatic rings. The van der Waals surface area contributed by atoms with Gasteiger partial charge in [-0.3, -0.25) is 4.79 Å². The van der Waals surface area contributed by atoms with E-state index in [0.29, 0.717) is 18.3 Å². The molecule has 1 unspecified atom stereocenters. The Morgan fingerprint density at radius 2 is 1.87 bits per heavy atom. The van der Waals surface area contributed by atoms with Crippen LogP contribution < -0.4 is 16.0 Å². The van der Waals surface area contributed by atoms with Gasteiger partial charge in [0.05, 0.1) is 11.7 Å². The number of amides is 1. The summed E-state index contributed by atoms with van der Waals surface area (Å²) in [5, 5.41) is 18.4. The number of carbonyl (C=O) groups excluding carboxylic acids is 1. The molecule has 30 heavy (non-hydrogen) atoms. The van der Waals surface area contributed by atoms with Gasteiger partial charge < -0.3 is 16.0 Å². The van der Waals surface area contributed by atoms with Crippen molar-refractivity contribution in [2.75, 3.05) is 19.6 Å². The first-order chi connectivity index (χ1) is 13.4. The van der Waals surface area contributed by atoms with Crippen LogP contribution in [0.3, 0.4) is 0 Å². The van der Waals surface area contributed by atoms with Crippen molar-refractivity contribution in [1.82, 2.24) is 30.9 Å². The van der Waals surface area contributed by atoms with E-state index >= 15 is 0 Å². The van der Waals surface area contributed by atoms with Crippen LogP contribution in [0.5, 0.6) is 0 Å². The number of piperidine rings is 1. The van der Waals surface area contributed by atoms with Gasteiger partial charge in [-0.2, -0.15) is 0 Å². The predicted molar refractivity (Wildman–Crippen MR) is 125 cm³/mol. The summed E-state index contributed by atoms with van der Waals surface area (Å²) in [7, 11) is 0. The highest BCUT2D eigenvalue weighted by atomic mass is 35.5. The van der Waals surface area contributed by atoms with Crippen LogP contribution in [0, 0.1) is 6.92 Å². The van der Waals surface area contributed by atoms with Crippen LogP contribution in [0.1, 0.15) is 67.4 Å². The maximum atomic E-state index is 12.7. The Kier molecular flexibility index (Phi) is 10.2. The lowest BCUT2D eigenvalue weighted by Crippen LogP contribution is -2.50. The fourth-order valence-corrected chi connectivity index (χ4v) is 3.80. The zero-order valence-electron chi connectivity index (χ0n) is 18.1. The molecule has 9 heteroatoms. The molecule has 1 fully saturated rings. The standard InChI is InChI=1S/C21H32N6O.2ClH/c1-15(17-8-6-5-7-9-17)24-21(3,4)14-23-20(28)19-16(2)27(26-25-19)18-10-12-22-13-11-18;;/h5-9,15,18,22,24H,10-14H2,1-4H3,(H,23,28);2*1H. The molecule has 0 aliphatic carbocycles. The Morgan fingerprint density at radius 1 is 1.23 bits per heavy atom. The molecule has 1 aliphatic rings. The van der Waals surface area contributed by atoms with E-state index in [0.717, 1.165) is 31.6 Å². The largest absolute Gasteiger partial charge is 0.349 e. The summed E-state index contributed by atoms with van der Waals surface area (Å²) in [6.45, 7) is 10.7. The number of nitrogens with one attached hydrogen (secondary N) is 3. The second kappa shape index (κ2) is 11.6. The second-order valence-corrected chi connectivity index (χ2v) is 8.29. The number of hydrogen-bond donors (Lipinski definition) is 3. The third-order valence-electron chi connectivity index (χ3n) is 5.39. The Balaban J connectivity index is 0.00000225. The van der Waals surface area contributed by atoms with Crippen molar-refractivity contribution in [3.8, 4) is 0 Å². The van der Waals surface area contributed by atoms with E-state index in [1.54, 1.807) is 0 Å². The van der Waals surface area contributed by atoms with E-state index < -0.39 is 0 Å². The van der Waals surface area contributed by atoms with Gasteiger partial charge in [-0.1, -0.05) is 35.5 Å². The first-order valence-electron chi connectivity index (χ1n) is 10.1. The van der Waals surface area contributed by atoms with Gasteiger partial charge in [-0.15, -0.1) is 29.9 Å². The van der Waals surface area contributed by atoms with Crippen molar-refractivity contribution in [1.29, 1.82) is 0 Å². The fourth-order valence-electron chi connectivity index (χ4n) is 3.80. The molecule has 1 atom stereocenters. The zero-order chi connectivity index (χ0) is 20.1. The summed E-state index contributed by atoms with van der Waals surface area (Å²) >= 11 is 0. The van der Waals surface area contributed by atoms with Gasteiger partial charge in [-0.25, -0.2) is 4.68 Å². The van der Waals surface area contributed by atoms with Crippen LogP contribution in [0.15, 0.2) is 30.3 Å². The van der Waals surface area contributed by atoms with Crippen LogP contribution in [-0.4, -0.2) is 46.1 Å². The zero-order valence-corrected chi connectivity index (χ0v) is 19.8. The van der Waals surface area contributed by atoms with Crippen LogP contribution in [0.25, 0.3) is 0 Å². The minimum atomic E-state index is -0.260. The van der Waals surface area contributed by atoms with Crippen molar-refractivity contribution in [3.63, 3.8) is 0 Å². The van der Waals surface area contributed by atoms with Crippen LogP contribution in [-0.2, 0) is 0 Å². The summed E-state index contributed by atoms with van der Waals surface area (Å²) in [4.78, 5) is 12.7. The molecule has 168 valence electrons. The van der Waals surface area contributed by atoms with Crippen LogP contribution in [0.4, 0.5) is 0 Å². The van der Waals surface area contributed by atoms with E-state index in [2.05, 4.69) is 59.2 Å². The molecule has 1 saturated heterocycles. The van der Waals surface area contributed by atoms with E-state index in [1.165, 1.54) is 5.56 Å². The van der Waals surface area contributed by atoms with Crippen molar-refractivity contribution in [3.05, 3.63) is 47.3 Å². The summed E-state index contributed by atoms with van der Waals surface area (Å²) in [6.07, 6.45) is 2.03. The van der Waals surface area contributed by atoms with E-state index in [1.807, 2.05) is 29.8 Å². The number of carbonyl (C=O) groups is 1. The SMILES string of the molecule is Cc1c(C(=O)NCC(C)(C)NC(C)c2ccccc2)nnn1C1CCNCC1.Cl.Cl. The lowest BCUT2D eigenvalue weighted by atomic mass is 10.0. The van der Waals surface area contributed by atoms with Gasteiger partial charge in [0.2, 0.25) is 0 Å². The molecule has 1 aliphatic heterocycles. The molecule has 1 aromatic carbocycles. The van der Waals surface area contributed by atoms with E-state index in [-0.39, 0.29) is 42.3 Å². The van der Waals surface area contributed by atoms with Gasteiger partial charge in [0.1, 0.15) is 0 Å². The topological polar surface area (TPSA) is 83.9 Å². The molecule has 0 spiro atoms. The average molecular weight is 457 g/mol.